The quantitative estimate of drug-likeness (QED) is 0.647. The number of aromatic nitrogens is 2. The van der Waals surface area contributed by atoms with Gasteiger partial charge in [0.2, 0.25) is 11.0 Å². The lowest BCUT2D eigenvalue weighted by molar-refractivity contribution is -0.121. The fourth-order valence-corrected chi connectivity index (χ4v) is 4.53. The molecule has 156 valence electrons. The lowest BCUT2D eigenvalue weighted by Crippen LogP contribution is -2.41. The zero-order chi connectivity index (χ0) is 20.9. The molecule has 0 bridgehead atoms. The van der Waals surface area contributed by atoms with Crippen molar-refractivity contribution in [3.8, 4) is 0 Å². The van der Waals surface area contributed by atoms with Crippen LogP contribution in [0.4, 0.5) is 5.13 Å². The van der Waals surface area contributed by atoms with Crippen LogP contribution in [0.5, 0.6) is 0 Å². The monoisotopic (exact) mass is 424 g/mol. The summed E-state index contributed by atoms with van der Waals surface area (Å²) in [4.78, 5) is 26.7. The van der Waals surface area contributed by atoms with Crippen LogP contribution in [-0.2, 0) is 11.2 Å². The molecule has 4 rings (SSSR count). The topological polar surface area (TPSA) is 88.3 Å². The maximum Gasteiger partial charge on any atom is 0.289 e. The number of likely N-dealkylation sites (tertiary alicyclic amines) is 1. The lowest BCUT2D eigenvalue weighted by atomic mass is 9.96. The number of carbonyl (C=O) groups is 2. The molecule has 2 amide bonds. The van der Waals surface area contributed by atoms with E-state index < -0.39 is 0 Å². The van der Waals surface area contributed by atoms with Gasteiger partial charge < -0.3 is 14.6 Å². The molecule has 1 fully saturated rings. The van der Waals surface area contributed by atoms with Crippen molar-refractivity contribution in [2.75, 3.05) is 18.4 Å². The van der Waals surface area contributed by atoms with Gasteiger partial charge in [-0.1, -0.05) is 48.6 Å². The van der Waals surface area contributed by atoms with Gasteiger partial charge in [0, 0.05) is 25.4 Å². The normalized spacial score (nSPS) is 15.7. The Bertz CT molecular complexity index is 979. The summed E-state index contributed by atoms with van der Waals surface area (Å²) >= 11 is 1.42. The highest BCUT2D eigenvalue weighted by Gasteiger charge is 2.29. The van der Waals surface area contributed by atoms with E-state index in [2.05, 4.69) is 34.6 Å². The SMILES string of the molecule is C[C@@H](Cc1nnc(NC(=O)C2CCN(C(=O)c3ccco3)CC2)s1)c1ccccc1. The van der Waals surface area contributed by atoms with Gasteiger partial charge in [-0.3, -0.25) is 9.59 Å². The van der Waals surface area contributed by atoms with Gasteiger partial charge in [0.1, 0.15) is 5.01 Å². The number of carbonyl (C=O) groups excluding carboxylic acids is 2. The lowest BCUT2D eigenvalue weighted by Gasteiger charge is -2.30. The largest absolute Gasteiger partial charge is 0.459 e. The van der Waals surface area contributed by atoms with E-state index in [4.69, 9.17) is 4.42 Å². The molecule has 7 nitrogen and oxygen atoms in total. The van der Waals surface area contributed by atoms with Crippen LogP contribution in [-0.4, -0.2) is 40.0 Å². The smallest absolute Gasteiger partial charge is 0.289 e. The first-order chi connectivity index (χ1) is 14.6. The summed E-state index contributed by atoms with van der Waals surface area (Å²) in [7, 11) is 0. The Labute approximate surface area is 179 Å². The maximum atomic E-state index is 12.6. The molecule has 3 heterocycles. The highest BCUT2D eigenvalue weighted by molar-refractivity contribution is 7.15. The number of amides is 2. The number of benzene rings is 1. The van der Waals surface area contributed by atoms with E-state index in [1.807, 2.05) is 18.2 Å². The fraction of sp³-hybridized carbons (Fsp3) is 0.364. The summed E-state index contributed by atoms with van der Waals surface area (Å²) in [5, 5.41) is 12.7. The van der Waals surface area contributed by atoms with Crippen LogP contribution in [0.25, 0.3) is 0 Å². The molecule has 2 aromatic heterocycles. The molecule has 0 unspecified atom stereocenters. The second-order valence-electron chi connectivity index (χ2n) is 7.55. The van der Waals surface area contributed by atoms with Crippen LogP contribution in [0.3, 0.4) is 0 Å². The molecular formula is C22H24N4O3S. The zero-order valence-corrected chi connectivity index (χ0v) is 17.6. The van der Waals surface area contributed by atoms with Gasteiger partial charge in [0.25, 0.3) is 5.91 Å². The molecule has 3 aromatic rings. The number of nitrogens with zero attached hydrogens (tertiary/aromatic N) is 3. The Morgan fingerprint density at radius 3 is 2.63 bits per heavy atom. The predicted octanol–water partition coefficient (Wildman–Crippen LogP) is 3.97. The van der Waals surface area contributed by atoms with Gasteiger partial charge in [-0.2, -0.15) is 0 Å². The van der Waals surface area contributed by atoms with Crippen molar-refractivity contribution in [3.05, 3.63) is 65.1 Å². The van der Waals surface area contributed by atoms with Gasteiger partial charge in [0.05, 0.1) is 6.26 Å². The second-order valence-corrected chi connectivity index (χ2v) is 8.61. The standard InChI is InChI=1S/C22H24N4O3S/c1-15(16-6-3-2-4-7-16)14-19-24-25-22(30-19)23-20(27)17-9-11-26(12-10-17)21(28)18-8-5-13-29-18/h2-8,13,15,17H,9-12,14H2,1H3,(H,23,25,27)/t15-/m0/s1. The zero-order valence-electron chi connectivity index (χ0n) is 16.8. The number of nitrogens with one attached hydrogen (secondary N) is 1. The average molecular weight is 425 g/mol. The average Bonchev–Trinajstić information content (AvgIpc) is 3.46. The van der Waals surface area contributed by atoms with Crippen LogP contribution < -0.4 is 5.32 Å². The first-order valence-electron chi connectivity index (χ1n) is 10.1. The highest BCUT2D eigenvalue weighted by atomic mass is 32.1. The van der Waals surface area contributed by atoms with Gasteiger partial charge in [-0.05, 0) is 36.5 Å². The Balaban J connectivity index is 1.27. The van der Waals surface area contributed by atoms with Crippen LogP contribution in [0.15, 0.2) is 53.1 Å². The molecular weight excluding hydrogens is 400 g/mol. The first kappa shape index (κ1) is 20.3. The van der Waals surface area contributed by atoms with Crippen molar-refractivity contribution in [2.45, 2.75) is 32.1 Å². The van der Waals surface area contributed by atoms with Gasteiger partial charge in [-0.25, -0.2) is 0 Å². The van der Waals surface area contributed by atoms with Crippen molar-refractivity contribution < 1.29 is 14.0 Å². The summed E-state index contributed by atoms with van der Waals surface area (Å²) in [5.74, 6) is 0.350. The van der Waals surface area contributed by atoms with E-state index in [0.717, 1.165) is 11.4 Å². The van der Waals surface area contributed by atoms with E-state index in [9.17, 15) is 9.59 Å². The van der Waals surface area contributed by atoms with Crippen LogP contribution in [0.1, 0.15) is 46.8 Å². The molecule has 0 spiro atoms. The number of rotatable bonds is 6. The van der Waals surface area contributed by atoms with Crippen molar-refractivity contribution in [1.29, 1.82) is 0 Å². The van der Waals surface area contributed by atoms with Gasteiger partial charge >= 0.3 is 0 Å². The van der Waals surface area contributed by atoms with Gasteiger partial charge in [-0.15, -0.1) is 10.2 Å². The Kier molecular flexibility index (Phi) is 6.23. The molecule has 30 heavy (non-hydrogen) atoms. The molecule has 1 saturated heterocycles. The third kappa shape index (κ3) is 4.76. The van der Waals surface area contributed by atoms with Crippen molar-refractivity contribution in [3.63, 3.8) is 0 Å². The molecule has 1 aromatic carbocycles. The number of anilines is 1. The van der Waals surface area contributed by atoms with E-state index in [-0.39, 0.29) is 17.7 Å². The summed E-state index contributed by atoms with van der Waals surface area (Å²) in [6, 6.07) is 13.6. The summed E-state index contributed by atoms with van der Waals surface area (Å²) in [6.45, 7) is 3.23. The molecule has 0 radical (unpaired) electrons. The van der Waals surface area contributed by atoms with E-state index in [0.29, 0.717) is 42.7 Å². The molecule has 0 saturated carbocycles. The number of hydrogen-bond donors (Lipinski definition) is 1. The molecule has 0 aliphatic carbocycles. The highest BCUT2D eigenvalue weighted by Crippen LogP contribution is 2.26. The fourth-order valence-electron chi connectivity index (χ4n) is 3.66. The Morgan fingerprint density at radius 1 is 1.17 bits per heavy atom. The van der Waals surface area contributed by atoms with Crippen molar-refractivity contribution in [1.82, 2.24) is 15.1 Å². The summed E-state index contributed by atoms with van der Waals surface area (Å²) in [5.41, 5.74) is 1.26. The van der Waals surface area contributed by atoms with Crippen LogP contribution in [0, 0.1) is 5.92 Å². The van der Waals surface area contributed by atoms with Crippen LogP contribution >= 0.6 is 11.3 Å². The number of furan rings is 1. The molecule has 8 heteroatoms. The Morgan fingerprint density at radius 2 is 1.93 bits per heavy atom. The molecule has 1 atom stereocenters. The minimum atomic E-state index is -0.138. The Hall–Kier alpha value is -3.00. The predicted molar refractivity (Wildman–Crippen MR) is 114 cm³/mol. The maximum absolute atomic E-state index is 12.6. The van der Waals surface area contributed by atoms with E-state index in [1.165, 1.54) is 23.2 Å². The van der Waals surface area contributed by atoms with Crippen molar-refractivity contribution >= 4 is 28.3 Å². The number of hydrogen-bond acceptors (Lipinski definition) is 6. The third-order valence-electron chi connectivity index (χ3n) is 5.43. The minimum Gasteiger partial charge on any atom is -0.459 e. The molecule has 1 aliphatic rings. The first-order valence-corrected chi connectivity index (χ1v) is 10.9. The van der Waals surface area contributed by atoms with Crippen molar-refractivity contribution in [2.24, 2.45) is 5.92 Å². The second kappa shape index (κ2) is 9.21. The number of piperidine rings is 1. The van der Waals surface area contributed by atoms with Crippen LogP contribution in [0.2, 0.25) is 0 Å². The van der Waals surface area contributed by atoms with E-state index >= 15 is 0 Å². The summed E-state index contributed by atoms with van der Waals surface area (Å²) < 4.78 is 5.18. The molecule has 1 N–H and O–H groups in total. The molecule has 1 aliphatic heterocycles. The third-order valence-corrected chi connectivity index (χ3v) is 6.29. The van der Waals surface area contributed by atoms with E-state index in [1.54, 1.807) is 17.0 Å². The summed E-state index contributed by atoms with van der Waals surface area (Å²) in [6.07, 6.45) is 3.51. The van der Waals surface area contributed by atoms with Gasteiger partial charge in [0.15, 0.2) is 5.76 Å². The minimum absolute atomic E-state index is 0.0566.